The molecule has 0 fully saturated rings. The number of benzene rings is 1. The molecule has 0 amide bonds. The lowest BCUT2D eigenvalue weighted by molar-refractivity contribution is -0.135. The molecule has 1 aromatic carbocycles. The zero-order valence-corrected chi connectivity index (χ0v) is 17.7. The van der Waals surface area contributed by atoms with E-state index in [1.807, 2.05) is 31.5 Å². The van der Waals surface area contributed by atoms with Crippen molar-refractivity contribution in [2.24, 2.45) is 11.8 Å². The van der Waals surface area contributed by atoms with Gasteiger partial charge in [0.05, 0.1) is 18.4 Å². The van der Waals surface area contributed by atoms with Gasteiger partial charge in [0.2, 0.25) is 0 Å². The van der Waals surface area contributed by atoms with Crippen LogP contribution >= 0.6 is 0 Å². The van der Waals surface area contributed by atoms with E-state index in [1.54, 1.807) is 12.1 Å². The molecule has 0 saturated carbocycles. The molecule has 1 aromatic heterocycles. The van der Waals surface area contributed by atoms with Crippen molar-refractivity contribution in [3.8, 4) is 23.2 Å². The second-order valence-electron chi connectivity index (χ2n) is 7.58. The number of rotatable bonds is 11. The zero-order chi connectivity index (χ0) is 21.1. The predicted octanol–water partition coefficient (Wildman–Crippen LogP) is 5.75. The first kappa shape index (κ1) is 22.5. The highest BCUT2D eigenvalue weighted by atomic mass is 16.5. The summed E-state index contributed by atoms with van der Waals surface area (Å²) in [5.74, 6) is 0.614. The predicted molar refractivity (Wildman–Crippen MR) is 114 cm³/mol. The van der Waals surface area contributed by atoms with Gasteiger partial charge in [-0.1, -0.05) is 40.0 Å². The Morgan fingerprint density at radius 2 is 1.79 bits per heavy atom. The summed E-state index contributed by atoms with van der Waals surface area (Å²) in [7, 11) is 0. The van der Waals surface area contributed by atoms with Crippen LogP contribution in [-0.4, -0.2) is 15.9 Å². The summed E-state index contributed by atoms with van der Waals surface area (Å²) in [6.07, 6.45) is 10.4. The molecular formula is C24H31N3O2. The van der Waals surface area contributed by atoms with Crippen molar-refractivity contribution >= 4 is 5.97 Å². The number of ether oxygens (including phenoxy) is 1. The van der Waals surface area contributed by atoms with Gasteiger partial charge in [-0.2, -0.15) is 5.26 Å². The van der Waals surface area contributed by atoms with Crippen LogP contribution in [0.4, 0.5) is 0 Å². The number of esters is 1. The quantitative estimate of drug-likeness (QED) is 0.276. The van der Waals surface area contributed by atoms with Crippen LogP contribution in [0.1, 0.15) is 64.9 Å². The average Bonchev–Trinajstić information content (AvgIpc) is 2.73. The zero-order valence-electron chi connectivity index (χ0n) is 17.7. The average molecular weight is 394 g/mol. The third-order valence-corrected chi connectivity index (χ3v) is 5.10. The Kier molecular flexibility index (Phi) is 9.30. The van der Waals surface area contributed by atoms with Gasteiger partial charge in [0.1, 0.15) is 5.75 Å². The fourth-order valence-electron chi connectivity index (χ4n) is 3.27. The molecule has 0 aliphatic rings. The molecule has 0 saturated heterocycles. The number of nitrogens with zero attached hydrogens (tertiary/aromatic N) is 3. The van der Waals surface area contributed by atoms with Crippen molar-refractivity contribution in [3.63, 3.8) is 0 Å². The number of unbranched alkanes of at least 4 members (excludes halogenated alkanes) is 2. The molecule has 1 heterocycles. The Morgan fingerprint density at radius 3 is 2.38 bits per heavy atom. The smallest absolute Gasteiger partial charge is 0.312 e. The topological polar surface area (TPSA) is 75.9 Å². The van der Waals surface area contributed by atoms with Crippen LogP contribution in [0.2, 0.25) is 0 Å². The molecule has 2 rings (SSSR count). The molecule has 154 valence electrons. The fourth-order valence-corrected chi connectivity index (χ4v) is 3.27. The van der Waals surface area contributed by atoms with Crippen LogP contribution in [0, 0.1) is 23.2 Å². The number of hydrogen-bond acceptors (Lipinski definition) is 5. The van der Waals surface area contributed by atoms with Gasteiger partial charge in [-0.05, 0) is 55.0 Å². The maximum Gasteiger partial charge on any atom is 0.312 e. The normalized spacial score (nSPS) is 12.8. The number of carbonyl (C=O) groups is 1. The molecule has 0 bridgehead atoms. The van der Waals surface area contributed by atoms with Gasteiger partial charge in [0.15, 0.2) is 5.82 Å². The van der Waals surface area contributed by atoms with Gasteiger partial charge >= 0.3 is 5.97 Å². The highest BCUT2D eigenvalue weighted by Gasteiger charge is 2.21. The number of nitriles is 1. The molecule has 2 aromatic rings. The summed E-state index contributed by atoms with van der Waals surface area (Å²) in [6.45, 7) is 6.28. The van der Waals surface area contributed by atoms with Crippen molar-refractivity contribution < 1.29 is 9.53 Å². The largest absolute Gasteiger partial charge is 0.426 e. The first-order chi connectivity index (χ1) is 14.1. The lowest BCUT2D eigenvalue weighted by Gasteiger charge is -2.16. The maximum atomic E-state index is 12.2. The lowest BCUT2D eigenvalue weighted by atomic mass is 9.89. The van der Waals surface area contributed by atoms with Crippen LogP contribution < -0.4 is 4.74 Å². The number of aryl methyl sites for hydroxylation is 1. The van der Waals surface area contributed by atoms with Crippen LogP contribution in [0.5, 0.6) is 5.75 Å². The van der Waals surface area contributed by atoms with Crippen molar-refractivity contribution in [2.45, 2.75) is 65.7 Å². The molecule has 0 aliphatic carbocycles. The van der Waals surface area contributed by atoms with E-state index >= 15 is 0 Å². The Balaban J connectivity index is 1.92. The molecule has 29 heavy (non-hydrogen) atoms. The Morgan fingerprint density at radius 1 is 1.10 bits per heavy atom. The van der Waals surface area contributed by atoms with Gasteiger partial charge in [0, 0.05) is 18.0 Å². The van der Waals surface area contributed by atoms with E-state index in [-0.39, 0.29) is 24.2 Å². The number of carbonyl (C=O) groups excluding carboxylic acids is 1. The number of hydrogen-bond donors (Lipinski definition) is 0. The lowest BCUT2D eigenvalue weighted by Crippen LogP contribution is -2.18. The molecule has 2 atom stereocenters. The van der Waals surface area contributed by atoms with Crippen LogP contribution in [-0.2, 0) is 11.2 Å². The summed E-state index contributed by atoms with van der Waals surface area (Å²) < 4.78 is 5.41. The van der Waals surface area contributed by atoms with E-state index in [0.29, 0.717) is 11.6 Å². The van der Waals surface area contributed by atoms with E-state index in [2.05, 4.69) is 29.9 Å². The van der Waals surface area contributed by atoms with Gasteiger partial charge in [-0.25, -0.2) is 9.97 Å². The SMILES string of the molecule is CCCCCc1cnc(-c2ccc(OC(=O)CC(C#N)C(C)CCC)cc2)nc1. The summed E-state index contributed by atoms with van der Waals surface area (Å²) in [4.78, 5) is 21.1. The molecule has 0 aliphatic heterocycles. The van der Waals surface area contributed by atoms with E-state index in [9.17, 15) is 10.1 Å². The third-order valence-electron chi connectivity index (χ3n) is 5.10. The van der Waals surface area contributed by atoms with E-state index in [4.69, 9.17) is 4.74 Å². The summed E-state index contributed by atoms with van der Waals surface area (Å²) in [6, 6.07) is 9.40. The van der Waals surface area contributed by atoms with Crippen molar-refractivity contribution in [2.75, 3.05) is 0 Å². The molecule has 2 unspecified atom stereocenters. The Bertz CT molecular complexity index is 794. The minimum Gasteiger partial charge on any atom is -0.426 e. The minimum absolute atomic E-state index is 0.113. The van der Waals surface area contributed by atoms with E-state index < -0.39 is 0 Å². The first-order valence-electron chi connectivity index (χ1n) is 10.6. The molecular weight excluding hydrogens is 362 g/mol. The monoisotopic (exact) mass is 393 g/mol. The van der Waals surface area contributed by atoms with Gasteiger partial charge in [0.25, 0.3) is 0 Å². The summed E-state index contributed by atoms with van der Waals surface area (Å²) in [5, 5.41) is 9.31. The molecule has 0 radical (unpaired) electrons. The minimum atomic E-state index is -0.375. The van der Waals surface area contributed by atoms with Crippen LogP contribution in [0.25, 0.3) is 11.4 Å². The summed E-state index contributed by atoms with van der Waals surface area (Å²) in [5.41, 5.74) is 2.02. The van der Waals surface area contributed by atoms with Gasteiger partial charge < -0.3 is 4.74 Å². The van der Waals surface area contributed by atoms with Gasteiger partial charge in [-0.15, -0.1) is 0 Å². The van der Waals surface area contributed by atoms with Crippen LogP contribution in [0.15, 0.2) is 36.7 Å². The first-order valence-corrected chi connectivity index (χ1v) is 10.6. The number of aromatic nitrogens is 2. The fraction of sp³-hybridized carbons (Fsp3) is 0.500. The van der Waals surface area contributed by atoms with E-state index in [0.717, 1.165) is 36.8 Å². The maximum absolute atomic E-state index is 12.2. The molecule has 0 spiro atoms. The van der Waals surface area contributed by atoms with Crippen molar-refractivity contribution in [1.29, 1.82) is 5.26 Å². The Hall–Kier alpha value is -2.74. The second kappa shape index (κ2) is 12.0. The summed E-state index contributed by atoms with van der Waals surface area (Å²) >= 11 is 0. The second-order valence-corrected chi connectivity index (χ2v) is 7.58. The van der Waals surface area contributed by atoms with Crippen LogP contribution in [0.3, 0.4) is 0 Å². The highest BCUT2D eigenvalue weighted by molar-refractivity contribution is 5.73. The standard InChI is InChI=1S/C24H31N3O2/c1-4-6-7-9-19-16-26-24(27-17-19)20-10-12-22(13-11-20)29-23(28)14-21(15-25)18(3)8-5-2/h10-13,16-18,21H,4-9,14H2,1-3H3. The highest BCUT2D eigenvalue weighted by Crippen LogP contribution is 2.23. The van der Waals surface area contributed by atoms with E-state index in [1.165, 1.54) is 12.8 Å². The Labute approximate surface area is 174 Å². The van der Waals surface area contributed by atoms with Crippen molar-refractivity contribution in [1.82, 2.24) is 9.97 Å². The van der Waals surface area contributed by atoms with Gasteiger partial charge in [-0.3, -0.25) is 4.79 Å². The van der Waals surface area contributed by atoms with Crippen molar-refractivity contribution in [3.05, 3.63) is 42.2 Å². The third kappa shape index (κ3) is 7.30. The molecule has 0 N–H and O–H groups in total. The molecule has 5 nitrogen and oxygen atoms in total. The molecule has 5 heteroatoms.